The van der Waals surface area contributed by atoms with E-state index in [9.17, 15) is 4.21 Å². The second-order valence-corrected chi connectivity index (χ2v) is 11.4. The summed E-state index contributed by atoms with van der Waals surface area (Å²) in [5.41, 5.74) is 4.44. The average molecular weight is 513 g/mol. The Bertz CT molecular complexity index is 1290. The van der Waals surface area contributed by atoms with Crippen molar-refractivity contribution in [3.63, 3.8) is 0 Å². The van der Waals surface area contributed by atoms with E-state index in [0.717, 1.165) is 84.8 Å². The first-order chi connectivity index (χ1) is 17.0. The van der Waals surface area contributed by atoms with Crippen LogP contribution in [0.25, 0.3) is 0 Å². The predicted molar refractivity (Wildman–Crippen MR) is 137 cm³/mol. The van der Waals surface area contributed by atoms with Gasteiger partial charge in [-0.25, -0.2) is 9.97 Å². The highest BCUT2D eigenvalue weighted by Crippen LogP contribution is 2.32. The number of anilines is 2. The molecule has 35 heavy (non-hydrogen) atoms. The van der Waals surface area contributed by atoms with Crippen molar-refractivity contribution >= 4 is 34.2 Å². The van der Waals surface area contributed by atoms with Crippen LogP contribution in [-0.2, 0) is 41.5 Å². The minimum atomic E-state index is -1.04. The quantitative estimate of drug-likeness (QED) is 0.560. The van der Waals surface area contributed by atoms with Crippen LogP contribution in [0.5, 0.6) is 0 Å². The molecule has 3 aromatic rings. The zero-order chi connectivity index (χ0) is 23.9. The van der Waals surface area contributed by atoms with Gasteiger partial charge in [-0.05, 0) is 37.0 Å². The maximum absolute atomic E-state index is 12.7. The molecule has 1 aromatic carbocycles. The molecule has 8 nitrogen and oxygen atoms in total. The highest BCUT2D eigenvalue weighted by Gasteiger charge is 2.30. The van der Waals surface area contributed by atoms with Gasteiger partial charge in [0.1, 0.15) is 16.5 Å². The fourth-order valence-corrected chi connectivity index (χ4v) is 6.55. The number of hydrogen-bond donors (Lipinski definition) is 1. The number of imidazole rings is 1. The number of benzene rings is 1. The lowest BCUT2D eigenvalue weighted by Crippen LogP contribution is -2.36. The molecule has 2 aromatic heterocycles. The average Bonchev–Trinajstić information content (AvgIpc) is 3.45. The van der Waals surface area contributed by atoms with Crippen molar-refractivity contribution in [3.05, 3.63) is 57.8 Å². The maximum atomic E-state index is 12.7. The molecule has 3 aliphatic heterocycles. The summed E-state index contributed by atoms with van der Waals surface area (Å²) in [6.45, 7) is 5.80. The van der Waals surface area contributed by atoms with E-state index < -0.39 is 10.8 Å². The third-order valence-corrected chi connectivity index (χ3v) is 8.96. The van der Waals surface area contributed by atoms with Crippen LogP contribution >= 0.6 is 11.6 Å². The van der Waals surface area contributed by atoms with Gasteiger partial charge in [-0.15, -0.1) is 0 Å². The van der Waals surface area contributed by atoms with Gasteiger partial charge in [0.15, 0.2) is 0 Å². The van der Waals surface area contributed by atoms with Crippen LogP contribution in [0.3, 0.4) is 0 Å². The molecule has 1 N–H and O–H groups in total. The van der Waals surface area contributed by atoms with Gasteiger partial charge in [-0.1, -0.05) is 23.7 Å². The second kappa shape index (κ2) is 9.52. The Kier molecular flexibility index (Phi) is 6.24. The van der Waals surface area contributed by atoms with Crippen molar-refractivity contribution in [1.82, 2.24) is 19.5 Å². The number of rotatable bonds is 5. The monoisotopic (exact) mass is 512 g/mol. The van der Waals surface area contributed by atoms with Crippen molar-refractivity contribution in [2.24, 2.45) is 0 Å². The highest BCUT2D eigenvalue weighted by molar-refractivity contribution is 7.85. The molecule has 0 saturated carbocycles. The summed E-state index contributed by atoms with van der Waals surface area (Å²) in [5.74, 6) is 3.07. The van der Waals surface area contributed by atoms with Crippen molar-refractivity contribution < 1.29 is 8.95 Å². The summed E-state index contributed by atoms with van der Waals surface area (Å²) >= 11 is 6.20. The third-order valence-electron chi connectivity index (χ3n) is 7.08. The minimum Gasteiger partial charge on any atom is -0.381 e. The van der Waals surface area contributed by atoms with Crippen LogP contribution in [0.15, 0.2) is 29.3 Å². The molecule has 0 spiro atoms. The van der Waals surface area contributed by atoms with Gasteiger partial charge >= 0.3 is 0 Å². The summed E-state index contributed by atoms with van der Waals surface area (Å²) in [6.07, 6.45) is 5.39. The van der Waals surface area contributed by atoms with E-state index in [1.807, 2.05) is 19.2 Å². The van der Waals surface area contributed by atoms with Crippen LogP contribution in [0.4, 0.5) is 11.8 Å². The van der Waals surface area contributed by atoms with Crippen molar-refractivity contribution in [2.45, 2.75) is 56.6 Å². The van der Waals surface area contributed by atoms with Crippen LogP contribution in [0, 0.1) is 6.92 Å². The van der Waals surface area contributed by atoms with Crippen LogP contribution in [-0.4, -0.2) is 55.3 Å². The number of aryl methyl sites for hydroxylation is 2. The highest BCUT2D eigenvalue weighted by atomic mass is 35.5. The van der Waals surface area contributed by atoms with E-state index in [-0.39, 0.29) is 6.04 Å². The Morgan fingerprint density at radius 2 is 2.09 bits per heavy atom. The number of hydrogen-bond acceptors (Lipinski definition) is 7. The summed E-state index contributed by atoms with van der Waals surface area (Å²) in [6, 6.07) is 6.48. The van der Waals surface area contributed by atoms with E-state index in [1.165, 1.54) is 11.3 Å². The van der Waals surface area contributed by atoms with Crippen molar-refractivity contribution in [3.8, 4) is 0 Å². The zero-order valence-corrected chi connectivity index (χ0v) is 21.4. The van der Waals surface area contributed by atoms with Gasteiger partial charge in [0, 0.05) is 67.9 Å². The Morgan fingerprint density at radius 1 is 1.23 bits per heavy atom. The molecular weight excluding hydrogens is 484 g/mol. The standard InChI is InChI=1S/C25H29ClN6O2S/c1-16-12-17(2-3-20(16)26)13-19-14-27-22-15-31(7-8-32(19)22)25-29-21-6-11-35(33)23(21)24(30-25)28-18-4-9-34-10-5-18/h2-3,12,14,18H,4-11,13,15H2,1H3,(H,28,29,30). The number of fused-ring (bicyclic) bond motifs is 2. The Hall–Kier alpha value is -2.49. The number of aromatic nitrogens is 4. The number of halogens is 1. The Labute approximate surface area is 212 Å². The zero-order valence-electron chi connectivity index (χ0n) is 19.8. The van der Waals surface area contributed by atoms with Crippen LogP contribution in [0.1, 0.15) is 41.2 Å². The van der Waals surface area contributed by atoms with Crippen molar-refractivity contribution in [1.29, 1.82) is 0 Å². The molecule has 1 fully saturated rings. The molecule has 1 atom stereocenters. The fourth-order valence-electron chi connectivity index (χ4n) is 5.12. The molecule has 0 bridgehead atoms. The molecule has 0 radical (unpaired) electrons. The van der Waals surface area contributed by atoms with Gasteiger partial charge in [-0.3, -0.25) is 4.21 Å². The van der Waals surface area contributed by atoms with E-state index >= 15 is 0 Å². The SMILES string of the molecule is Cc1cc(Cc2cnc3n2CCN(c2nc4c(c(NC5CCOCC5)n2)S(=O)CC4)C3)ccc1Cl. The largest absolute Gasteiger partial charge is 0.381 e. The molecule has 184 valence electrons. The molecule has 6 rings (SSSR count). The lowest BCUT2D eigenvalue weighted by molar-refractivity contribution is 0.0903. The second-order valence-electron chi connectivity index (χ2n) is 9.48. The van der Waals surface area contributed by atoms with Crippen LogP contribution in [0.2, 0.25) is 5.02 Å². The van der Waals surface area contributed by atoms with E-state index in [4.69, 9.17) is 31.3 Å². The molecule has 1 unspecified atom stereocenters. The summed E-state index contributed by atoms with van der Waals surface area (Å²) < 4.78 is 20.5. The molecule has 5 heterocycles. The van der Waals surface area contributed by atoms with E-state index in [1.54, 1.807) is 0 Å². The number of nitrogens with one attached hydrogen (secondary N) is 1. The predicted octanol–water partition coefficient (Wildman–Crippen LogP) is 3.50. The lowest BCUT2D eigenvalue weighted by Gasteiger charge is -2.30. The Morgan fingerprint density at radius 3 is 2.91 bits per heavy atom. The van der Waals surface area contributed by atoms with Crippen molar-refractivity contribution in [2.75, 3.05) is 35.7 Å². The molecule has 0 amide bonds. The Balaban J connectivity index is 1.24. The minimum absolute atomic E-state index is 0.285. The first-order valence-corrected chi connectivity index (χ1v) is 13.9. The third kappa shape index (κ3) is 4.57. The smallest absolute Gasteiger partial charge is 0.228 e. The molecule has 1 saturated heterocycles. The number of ether oxygens (including phenoxy) is 1. The molecule has 0 aliphatic carbocycles. The van der Waals surface area contributed by atoms with Crippen LogP contribution < -0.4 is 10.2 Å². The molecule has 10 heteroatoms. The normalized spacial score (nSPS) is 20.1. The van der Waals surface area contributed by atoms with Gasteiger partial charge in [0.25, 0.3) is 0 Å². The maximum Gasteiger partial charge on any atom is 0.228 e. The molecule has 3 aliphatic rings. The lowest BCUT2D eigenvalue weighted by atomic mass is 10.1. The van der Waals surface area contributed by atoms with E-state index in [0.29, 0.717) is 18.2 Å². The van der Waals surface area contributed by atoms with E-state index in [2.05, 4.69) is 26.9 Å². The fraction of sp³-hybridized carbons (Fsp3) is 0.480. The first kappa shape index (κ1) is 22.9. The van der Waals surface area contributed by atoms with Gasteiger partial charge in [0.05, 0.1) is 23.0 Å². The summed E-state index contributed by atoms with van der Waals surface area (Å²) in [5, 5.41) is 4.36. The first-order valence-electron chi connectivity index (χ1n) is 12.2. The summed E-state index contributed by atoms with van der Waals surface area (Å²) in [4.78, 5) is 17.5. The van der Waals surface area contributed by atoms with Gasteiger partial charge in [-0.2, -0.15) is 4.98 Å². The summed E-state index contributed by atoms with van der Waals surface area (Å²) in [7, 11) is -1.04. The number of nitrogens with zero attached hydrogens (tertiary/aromatic N) is 5. The molecular formula is C25H29ClN6O2S. The van der Waals surface area contributed by atoms with Gasteiger partial charge in [0.2, 0.25) is 5.95 Å². The topological polar surface area (TPSA) is 85.2 Å². The van der Waals surface area contributed by atoms with Gasteiger partial charge < -0.3 is 19.5 Å².